The molecule has 10 nitrogen and oxygen atoms in total. The second-order valence-corrected chi connectivity index (χ2v) is 10.3. The zero-order chi connectivity index (χ0) is 24.1. The van der Waals surface area contributed by atoms with Gasteiger partial charge in [0.25, 0.3) is 5.89 Å². The predicted molar refractivity (Wildman–Crippen MR) is 135 cm³/mol. The van der Waals surface area contributed by atoms with Gasteiger partial charge in [-0.25, -0.2) is 14.5 Å². The number of pyridine rings is 2. The van der Waals surface area contributed by atoms with Crippen LogP contribution in [0.15, 0.2) is 53.2 Å². The second-order valence-electron chi connectivity index (χ2n) is 8.47. The van der Waals surface area contributed by atoms with Crippen LogP contribution < -0.4 is 0 Å². The van der Waals surface area contributed by atoms with Crippen LogP contribution in [0.1, 0.15) is 56.0 Å². The number of carbonyl (C=O) groups excluding carboxylic acids is 1. The number of alkyl halides is 1. The lowest BCUT2D eigenvalue weighted by atomic mass is 9.99. The standard InChI is InChI=1S/C24H21IN8O2/c1-13-5-3-7-17(28-13)22-29-30-23(35-22)24(34)32-10-9-16-20(27-12-26-16)21(32)18-11-15-6-4-8-19(14(2)25)33(15)31-18/h3-8,11-12,14,21H,9-10H2,1-2H3,(H,26,27)/t14?,21-/m1/s1. The van der Waals surface area contributed by atoms with Gasteiger partial charge in [0, 0.05) is 24.4 Å². The largest absolute Gasteiger partial charge is 0.411 e. The van der Waals surface area contributed by atoms with Crippen LogP contribution in [0.25, 0.3) is 17.1 Å². The van der Waals surface area contributed by atoms with Crippen molar-refractivity contribution in [3.05, 3.63) is 83.2 Å². The minimum Gasteiger partial charge on any atom is -0.411 e. The lowest BCUT2D eigenvalue weighted by molar-refractivity contribution is 0.0646. The van der Waals surface area contributed by atoms with Gasteiger partial charge in [0.2, 0.25) is 0 Å². The van der Waals surface area contributed by atoms with Crippen LogP contribution in [-0.2, 0) is 6.42 Å². The summed E-state index contributed by atoms with van der Waals surface area (Å²) in [5, 5.41) is 13.0. The van der Waals surface area contributed by atoms with Gasteiger partial charge in [-0.1, -0.05) is 34.7 Å². The van der Waals surface area contributed by atoms with Crippen molar-refractivity contribution in [1.82, 2.24) is 39.7 Å². The Bertz CT molecular complexity index is 1550. The number of aromatic amines is 1. The van der Waals surface area contributed by atoms with E-state index in [0.29, 0.717) is 18.7 Å². The summed E-state index contributed by atoms with van der Waals surface area (Å²) in [6.45, 7) is 4.46. The zero-order valence-electron chi connectivity index (χ0n) is 19.0. The summed E-state index contributed by atoms with van der Waals surface area (Å²) in [5.41, 5.74) is 5.89. The van der Waals surface area contributed by atoms with E-state index in [9.17, 15) is 4.79 Å². The number of halogens is 1. The Morgan fingerprint density at radius 2 is 2.09 bits per heavy atom. The second kappa shape index (κ2) is 8.56. The van der Waals surface area contributed by atoms with E-state index < -0.39 is 6.04 Å². The number of hydrogen-bond donors (Lipinski definition) is 1. The average Bonchev–Trinajstić information content (AvgIpc) is 3.61. The highest BCUT2D eigenvalue weighted by molar-refractivity contribution is 14.1. The minimum absolute atomic E-state index is 0.0855. The molecule has 6 heterocycles. The number of aryl methyl sites for hydroxylation is 1. The molecule has 0 aliphatic carbocycles. The Morgan fingerprint density at radius 3 is 2.91 bits per heavy atom. The van der Waals surface area contributed by atoms with Crippen LogP contribution >= 0.6 is 22.6 Å². The van der Waals surface area contributed by atoms with E-state index >= 15 is 0 Å². The van der Waals surface area contributed by atoms with Gasteiger partial charge in [-0.15, -0.1) is 10.2 Å². The van der Waals surface area contributed by atoms with Gasteiger partial charge in [-0.3, -0.25) is 4.79 Å². The van der Waals surface area contributed by atoms with Gasteiger partial charge in [0.15, 0.2) is 0 Å². The summed E-state index contributed by atoms with van der Waals surface area (Å²) in [6, 6.07) is 13.1. The Morgan fingerprint density at radius 1 is 1.23 bits per heavy atom. The molecule has 1 N–H and O–H groups in total. The maximum absolute atomic E-state index is 13.7. The van der Waals surface area contributed by atoms with Gasteiger partial charge >= 0.3 is 11.8 Å². The lowest BCUT2D eigenvalue weighted by Crippen LogP contribution is -2.41. The molecule has 2 atom stereocenters. The molecule has 0 fully saturated rings. The average molecular weight is 580 g/mol. The van der Waals surface area contributed by atoms with E-state index in [1.165, 1.54) is 0 Å². The van der Waals surface area contributed by atoms with Crippen molar-refractivity contribution >= 4 is 34.0 Å². The molecule has 1 aliphatic rings. The van der Waals surface area contributed by atoms with Gasteiger partial charge in [0.1, 0.15) is 11.7 Å². The number of aromatic nitrogens is 7. The van der Waals surface area contributed by atoms with Crippen molar-refractivity contribution < 1.29 is 9.21 Å². The molecular weight excluding hydrogens is 559 g/mol. The first-order valence-electron chi connectivity index (χ1n) is 11.2. The summed E-state index contributed by atoms with van der Waals surface area (Å²) in [4.78, 5) is 27.5. The fraction of sp³-hybridized carbons (Fsp3) is 0.250. The fourth-order valence-electron chi connectivity index (χ4n) is 4.48. The molecule has 5 aromatic rings. The molecule has 176 valence electrons. The third-order valence-electron chi connectivity index (χ3n) is 6.12. The Hall–Kier alpha value is -3.61. The van der Waals surface area contributed by atoms with Crippen LogP contribution in [-0.4, -0.2) is 52.1 Å². The van der Waals surface area contributed by atoms with E-state index in [2.05, 4.69) is 60.7 Å². The van der Waals surface area contributed by atoms with Crippen molar-refractivity contribution in [2.75, 3.05) is 6.54 Å². The molecular formula is C24H21IN8O2. The molecule has 6 rings (SSSR count). The normalized spacial score (nSPS) is 16.4. The number of imidazole rings is 1. The summed E-state index contributed by atoms with van der Waals surface area (Å²) >= 11 is 2.38. The number of nitrogens with one attached hydrogen (secondary N) is 1. The SMILES string of the molecule is Cc1cccc(-c2nnc(C(=O)N3CCc4[nH]cnc4[C@H]3c3cc4cccc(C(C)I)n4n3)o2)n1. The van der Waals surface area contributed by atoms with Gasteiger partial charge in [-0.2, -0.15) is 5.10 Å². The maximum atomic E-state index is 13.7. The van der Waals surface area contributed by atoms with Crippen LogP contribution in [0.3, 0.4) is 0 Å². The van der Waals surface area contributed by atoms with Crippen LogP contribution in [0.2, 0.25) is 0 Å². The number of rotatable bonds is 4. The third kappa shape index (κ3) is 3.79. The molecule has 0 aromatic carbocycles. The Labute approximate surface area is 213 Å². The summed E-state index contributed by atoms with van der Waals surface area (Å²) in [6.07, 6.45) is 2.30. The quantitative estimate of drug-likeness (QED) is 0.251. The third-order valence-corrected chi connectivity index (χ3v) is 6.76. The van der Waals surface area contributed by atoms with E-state index in [1.54, 1.807) is 17.3 Å². The van der Waals surface area contributed by atoms with Gasteiger partial charge < -0.3 is 14.3 Å². The van der Waals surface area contributed by atoms with Crippen molar-refractivity contribution in [3.8, 4) is 11.6 Å². The first-order valence-corrected chi connectivity index (χ1v) is 12.5. The minimum atomic E-state index is -0.484. The molecule has 11 heteroatoms. The number of carbonyl (C=O) groups is 1. The number of H-pyrrole nitrogens is 1. The first kappa shape index (κ1) is 21.9. The molecule has 1 aliphatic heterocycles. The summed E-state index contributed by atoms with van der Waals surface area (Å²) < 4.78 is 7.97. The molecule has 35 heavy (non-hydrogen) atoms. The number of amides is 1. The molecule has 0 saturated carbocycles. The molecule has 0 spiro atoms. The zero-order valence-corrected chi connectivity index (χ0v) is 21.2. The number of fused-ring (bicyclic) bond motifs is 2. The maximum Gasteiger partial charge on any atom is 0.312 e. The first-order chi connectivity index (χ1) is 17.0. The Kier molecular flexibility index (Phi) is 5.35. The van der Waals surface area contributed by atoms with Gasteiger partial charge in [-0.05, 0) is 44.2 Å². The molecule has 5 aromatic heterocycles. The number of hydrogen-bond acceptors (Lipinski definition) is 7. The number of nitrogens with zero attached hydrogens (tertiary/aromatic N) is 7. The summed E-state index contributed by atoms with van der Waals surface area (Å²) in [7, 11) is 0. The topological polar surface area (TPSA) is 118 Å². The predicted octanol–water partition coefficient (Wildman–Crippen LogP) is 4.09. The highest BCUT2D eigenvalue weighted by Gasteiger charge is 2.38. The van der Waals surface area contributed by atoms with Crippen molar-refractivity contribution in [2.24, 2.45) is 0 Å². The van der Waals surface area contributed by atoms with Gasteiger partial charge in [0.05, 0.1) is 32.9 Å². The summed E-state index contributed by atoms with van der Waals surface area (Å²) in [5.74, 6) is -0.244. The highest BCUT2D eigenvalue weighted by Crippen LogP contribution is 2.35. The van der Waals surface area contributed by atoms with E-state index in [-0.39, 0.29) is 21.6 Å². The van der Waals surface area contributed by atoms with Crippen LogP contribution in [0.4, 0.5) is 0 Å². The monoisotopic (exact) mass is 580 g/mol. The van der Waals surface area contributed by atoms with Crippen molar-refractivity contribution in [2.45, 2.75) is 30.2 Å². The van der Waals surface area contributed by atoms with E-state index in [4.69, 9.17) is 9.52 Å². The smallest absolute Gasteiger partial charge is 0.312 e. The van der Waals surface area contributed by atoms with E-state index in [1.807, 2.05) is 41.8 Å². The molecule has 0 radical (unpaired) electrons. The molecule has 1 amide bonds. The highest BCUT2D eigenvalue weighted by atomic mass is 127. The Balaban J connectivity index is 1.41. The van der Waals surface area contributed by atoms with Crippen LogP contribution in [0.5, 0.6) is 0 Å². The van der Waals surface area contributed by atoms with Crippen LogP contribution in [0, 0.1) is 6.92 Å². The van der Waals surface area contributed by atoms with Crippen molar-refractivity contribution in [1.29, 1.82) is 0 Å². The van der Waals surface area contributed by atoms with Crippen molar-refractivity contribution in [3.63, 3.8) is 0 Å². The molecule has 1 unspecified atom stereocenters. The fourth-order valence-corrected chi connectivity index (χ4v) is 4.96. The molecule has 0 bridgehead atoms. The molecule has 0 saturated heterocycles. The van der Waals surface area contributed by atoms with E-state index in [0.717, 1.165) is 34.0 Å². The lowest BCUT2D eigenvalue weighted by Gasteiger charge is -2.32.